The van der Waals surface area contributed by atoms with Gasteiger partial charge in [0.05, 0.1) is 22.9 Å². The zero-order valence-corrected chi connectivity index (χ0v) is 18.7. The number of fused-ring (bicyclic) bond motifs is 5. The van der Waals surface area contributed by atoms with Crippen molar-refractivity contribution >= 4 is 22.7 Å². The Morgan fingerprint density at radius 2 is 2.03 bits per heavy atom. The van der Waals surface area contributed by atoms with Crippen molar-refractivity contribution in [3.8, 4) is 0 Å². The van der Waals surface area contributed by atoms with Crippen LogP contribution in [0.2, 0.25) is 0 Å². The number of rotatable bonds is 6. The lowest BCUT2D eigenvalue weighted by molar-refractivity contribution is 0.789. The molecule has 1 aromatic rings. The minimum absolute atomic E-state index is 0.330. The van der Waals surface area contributed by atoms with Crippen LogP contribution in [0.4, 0.5) is 11.4 Å². The van der Waals surface area contributed by atoms with Gasteiger partial charge in [-0.3, -0.25) is 4.99 Å². The minimum Gasteiger partial charge on any atom is -0.377 e. The molecule has 0 bridgehead atoms. The van der Waals surface area contributed by atoms with Crippen LogP contribution in [0.5, 0.6) is 0 Å². The lowest BCUT2D eigenvalue weighted by Crippen LogP contribution is -2.33. The van der Waals surface area contributed by atoms with E-state index in [0.717, 1.165) is 23.4 Å². The summed E-state index contributed by atoms with van der Waals surface area (Å²) in [6, 6.07) is 4.73. The van der Waals surface area contributed by atoms with E-state index in [1.165, 1.54) is 28.0 Å². The van der Waals surface area contributed by atoms with Crippen LogP contribution in [-0.4, -0.2) is 11.8 Å². The summed E-state index contributed by atoms with van der Waals surface area (Å²) in [7, 11) is 0. The van der Waals surface area contributed by atoms with Gasteiger partial charge >= 0.3 is 0 Å². The number of anilines is 1. The first-order valence-electron chi connectivity index (χ1n) is 10.9. The second-order valence-corrected chi connectivity index (χ2v) is 8.15. The van der Waals surface area contributed by atoms with E-state index < -0.39 is 5.41 Å². The highest BCUT2D eigenvalue weighted by Gasteiger charge is 2.46. The fourth-order valence-electron chi connectivity index (χ4n) is 5.03. The first-order chi connectivity index (χ1) is 15.1. The SMILES string of the molecule is C=C/C=C\C(=C/C)C1(C)C(C(/C=C\C)=C/C=C)=Nc2ccc3c(c21)NC1CC=CC=C31. The summed E-state index contributed by atoms with van der Waals surface area (Å²) in [4.78, 5) is 5.19. The molecule has 1 aromatic carbocycles. The third-order valence-corrected chi connectivity index (χ3v) is 6.40. The maximum absolute atomic E-state index is 5.19. The summed E-state index contributed by atoms with van der Waals surface area (Å²) < 4.78 is 0. The number of benzene rings is 1. The van der Waals surface area contributed by atoms with Gasteiger partial charge < -0.3 is 5.32 Å². The van der Waals surface area contributed by atoms with Crippen LogP contribution >= 0.6 is 0 Å². The third kappa shape index (κ3) is 3.23. The van der Waals surface area contributed by atoms with Crippen LogP contribution in [0.15, 0.2) is 108 Å². The molecule has 4 rings (SSSR count). The van der Waals surface area contributed by atoms with Gasteiger partial charge in [-0.25, -0.2) is 0 Å². The summed E-state index contributed by atoms with van der Waals surface area (Å²) >= 11 is 0. The summed E-state index contributed by atoms with van der Waals surface area (Å²) in [5, 5.41) is 3.83. The van der Waals surface area contributed by atoms with Crippen LogP contribution in [0.3, 0.4) is 0 Å². The Labute approximate surface area is 186 Å². The molecule has 0 fully saturated rings. The van der Waals surface area contributed by atoms with Crippen LogP contribution in [-0.2, 0) is 5.41 Å². The maximum Gasteiger partial charge on any atom is 0.0699 e. The van der Waals surface area contributed by atoms with E-state index in [4.69, 9.17) is 4.99 Å². The first-order valence-corrected chi connectivity index (χ1v) is 10.9. The van der Waals surface area contributed by atoms with Crippen molar-refractivity contribution < 1.29 is 0 Å². The highest BCUT2D eigenvalue weighted by Crippen LogP contribution is 2.55. The van der Waals surface area contributed by atoms with Crippen LogP contribution < -0.4 is 5.32 Å². The molecule has 0 radical (unpaired) electrons. The highest BCUT2D eigenvalue weighted by atomic mass is 15.0. The molecule has 2 nitrogen and oxygen atoms in total. The number of nitrogens with zero attached hydrogens (tertiary/aromatic N) is 1. The number of hydrogen-bond donors (Lipinski definition) is 1. The van der Waals surface area contributed by atoms with Gasteiger partial charge in [-0.1, -0.05) is 86.1 Å². The van der Waals surface area contributed by atoms with Crippen molar-refractivity contribution in [3.63, 3.8) is 0 Å². The van der Waals surface area contributed by atoms with E-state index in [9.17, 15) is 0 Å². The first kappa shape index (κ1) is 20.9. The molecule has 0 saturated heterocycles. The summed E-state index contributed by atoms with van der Waals surface area (Å²) in [5.41, 5.74) is 9.06. The average molecular weight is 407 g/mol. The molecule has 2 aliphatic heterocycles. The minimum atomic E-state index is -0.405. The molecule has 2 atom stereocenters. The van der Waals surface area contributed by atoms with E-state index >= 15 is 0 Å². The topological polar surface area (TPSA) is 24.4 Å². The molecule has 3 aliphatic rings. The molecule has 1 aliphatic carbocycles. The quantitative estimate of drug-likeness (QED) is 0.485. The third-order valence-electron chi connectivity index (χ3n) is 6.40. The molecule has 156 valence electrons. The highest BCUT2D eigenvalue weighted by molar-refractivity contribution is 6.18. The van der Waals surface area contributed by atoms with Crippen molar-refractivity contribution in [2.24, 2.45) is 4.99 Å². The monoisotopic (exact) mass is 406 g/mol. The zero-order chi connectivity index (χ0) is 22.0. The molecule has 2 heteroatoms. The zero-order valence-electron chi connectivity index (χ0n) is 18.7. The molecule has 0 aromatic heterocycles. The number of hydrogen-bond acceptors (Lipinski definition) is 2. The second-order valence-electron chi connectivity index (χ2n) is 8.15. The molecule has 2 unspecified atom stereocenters. The molecule has 2 heterocycles. The van der Waals surface area contributed by atoms with Gasteiger partial charge in [0.2, 0.25) is 0 Å². The van der Waals surface area contributed by atoms with E-state index in [1.54, 1.807) is 0 Å². The second kappa shape index (κ2) is 8.39. The largest absolute Gasteiger partial charge is 0.377 e. The van der Waals surface area contributed by atoms with Gasteiger partial charge in [-0.05, 0) is 50.0 Å². The van der Waals surface area contributed by atoms with E-state index in [2.05, 4.69) is 87.0 Å². The molecular weight excluding hydrogens is 376 g/mol. The molecule has 0 spiro atoms. The lowest BCUT2D eigenvalue weighted by atomic mass is 9.69. The van der Waals surface area contributed by atoms with Crippen LogP contribution in [0.1, 0.15) is 38.3 Å². The Morgan fingerprint density at radius 1 is 1.19 bits per heavy atom. The number of allylic oxidation sites excluding steroid dienone is 12. The van der Waals surface area contributed by atoms with Gasteiger partial charge in [-0.2, -0.15) is 0 Å². The van der Waals surface area contributed by atoms with Crippen LogP contribution in [0, 0.1) is 0 Å². The molecule has 0 saturated carbocycles. The normalized spacial score (nSPS) is 24.5. The smallest absolute Gasteiger partial charge is 0.0699 e. The Balaban J connectivity index is 1.99. The predicted molar refractivity (Wildman–Crippen MR) is 136 cm³/mol. The van der Waals surface area contributed by atoms with E-state index in [1.807, 2.05) is 31.2 Å². The molecule has 31 heavy (non-hydrogen) atoms. The lowest BCUT2D eigenvalue weighted by Gasteiger charge is -2.32. The Kier molecular flexibility index (Phi) is 5.65. The Morgan fingerprint density at radius 3 is 2.74 bits per heavy atom. The Hall–Kier alpha value is -3.39. The molecule has 0 amide bonds. The van der Waals surface area contributed by atoms with E-state index in [-0.39, 0.29) is 0 Å². The van der Waals surface area contributed by atoms with Gasteiger partial charge in [0.15, 0.2) is 0 Å². The van der Waals surface area contributed by atoms with Crippen LogP contribution in [0.25, 0.3) is 5.57 Å². The average Bonchev–Trinajstić information content (AvgIpc) is 3.30. The fourth-order valence-corrected chi connectivity index (χ4v) is 5.03. The van der Waals surface area contributed by atoms with Gasteiger partial charge in [0.1, 0.15) is 0 Å². The van der Waals surface area contributed by atoms with Gasteiger partial charge in [0, 0.05) is 16.8 Å². The predicted octanol–water partition coefficient (Wildman–Crippen LogP) is 7.54. The summed E-state index contributed by atoms with van der Waals surface area (Å²) in [6.07, 6.45) is 23.9. The van der Waals surface area contributed by atoms with E-state index in [0.29, 0.717) is 6.04 Å². The van der Waals surface area contributed by atoms with Crippen molar-refractivity contribution in [3.05, 3.63) is 114 Å². The fraction of sp³-hybridized carbons (Fsp3) is 0.207. The molecule has 1 N–H and O–H groups in total. The van der Waals surface area contributed by atoms with Crippen molar-refractivity contribution in [1.82, 2.24) is 0 Å². The maximum atomic E-state index is 5.19. The van der Waals surface area contributed by atoms with Crippen molar-refractivity contribution in [2.45, 2.75) is 38.6 Å². The van der Waals surface area contributed by atoms with Gasteiger partial charge in [0.25, 0.3) is 0 Å². The van der Waals surface area contributed by atoms with Gasteiger partial charge in [-0.15, -0.1) is 0 Å². The number of aliphatic imine (C=N–C) groups is 1. The van der Waals surface area contributed by atoms with Crippen molar-refractivity contribution in [1.29, 1.82) is 0 Å². The molecular formula is C29H30N2. The summed E-state index contributed by atoms with van der Waals surface area (Å²) in [6.45, 7) is 14.2. The standard InChI is InChI=1S/C29H30N2/c1-6-10-15-21(9-4)29(5)26-25(31-28(29)20(13-7-2)14-8-3)19-18-23-22-16-11-12-17-24(22)30-27(23)26/h6-16,18-19,24,30H,1-2,17H2,3-5H3/b14-8-,15-10-,20-13+,21-9+. The number of nitrogens with one attached hydrogen (secondary N) is 1. The Bertz CT molecular complexity index is 1150. The van der Waals surface area contributed by atoms with Crippen molar-refractivity contribution in [2.75, 3.05) is 5.32 Å². The summed E-state index contributed by atoms with van der Waals surface area (Å²) in [5.74, 6) is 0.